The Hall–Kier alpha value is -3.35. The van der Waals surface area contributed by atoms with Gasteiger partial charge in [-0.25, -0.2) is 4.79 Å². The third kappa shape index (κ3) is 6.02. The molecule has 2 aromatic heterocycles. The highest BCUT2D eigenvalue weighted by Gasteiger charge is 2.35. The largest absolute Gasteiger partial charge is 0.491 e. The summed E-state index contributed by atoms with van der Waals surface area (Å²) >= 11 is 0. The molecule has 0 radical (unpaired) electrons. The summed E-state index contributed by atoms with van der Waals surface area (Å²) in [6.45, 7) is 13.0. The van der Waals surface area contributed by atoms with Crippen molar-refractivity contribution in [1.29, 1.82) is 0 Å². The highest BCUT2D eigenvalue weighted by atomic mass is 16.5. The molecule has 0 spiro atoms. The zero-order valence-electron chi connectivity index (χ0n) is 21.6. The smallest absolute Gasteiger partial charge is 0.405 e. The first-order chi connectivity index (χ1) is 16.5. The molecule has 0 saturated heterocycles. The number of carbonyl (C=O) groups is 1. The standard InChI is InChI=1S/C28H37N3O4/c1-7-8-15-35-24-21-16-19(22-11-9-10-14-29-22)12-13-20(21)26(32)31(17-18(2)3)23(24)25(28(4,5)6)30-27(33)34/h9-14,16,18,25,30H,7-8,15,17H2,1-6H3,(H,33,34). The number of benzene rings is 1. The molecule has 7 nitrogen and oxygen atoms in total. The van der Waals surface area contributed by atoms with Crippen LogP contribution in [0.5, 0.6) is 5.75 Å². The Morgan fingerprint density at radius 2 is 1.91 bits per heavy atom. The van der Waals surface area contributed by atoms with Gasteiger partial charge >= 0.3 is 6.09 Å². The molecular weight excluding hydrogens is 442 g/mol. The monoisotopic (exact) mass is 479 g/mol. The van der Waals surface area contributed by atoms with Crippen molar-refractivity contribution in [3.63, 3.8) is 0 Å². The van der Waals surface area contributed by atoms with Gasteiger partial charge in [0.05, 0.1) is 29.4 Å². The van der Waals surface area contributed by atoms with Crippen molar-refractivity contribution >= 4 is 16.9 Å². The molecule has 0 bridgehead atoms. The average Bonchev–Trinajstić information content (AvgIpc) is 2.80. The van der Waals surface area contributed by atoms with Crippen molar-refractivity contribution in [3.05, 3.63) is 58.6 Å². The molecule has 3 rings (SSSR count). The molecule has 2 N–H and O–H groups in total. The van der Waals surface area contributed by atoms with Crippen molar-refractivity contribution in [2.45, 2.75) is 67.0 Å². The molecule has 1 amide bonds. The van der Waals surface area contributed by atoms with Gasteiger partial charge in [0.15, 0.2) is 0 Å². The number of rotatable bonds is 9. The van der Waals surface area contributed by atoms with E-state index in [2.05, 4.69) is 17.2 Å². The van der Waals surface area contributed by atoms with Gasteiger partial charge in [-0.1, -0.05) is 60.1 Å². The number of unbranched alkanes of at least 4 members (excludes halogenated alkanes) is 1. The maximum Gasteiger partial charge on any atom is 0.405 e. The van der Waals surface area contributed by atoms with Crippen molar-refractivity contribution in [1.82, 2.24) is 14.9 Å². The number of hydrogen-bond donors (Lipinski definition) is 2. The van der Waals surface area contributed by atoms with E-state index < -0.39 is 17.6 Å². The van der Waals surface area contributed by atoms with Crippen LogP contribution in [0.4, 0.5) is 4.79 Å². The van der Waals surface area contributed by atoms with Gasteiger partial charge in [-0.05, 0) is 42.0 Å². The van der Waals surface area contributed by atoms with Crippen LogP contribution in [0.25, 0.3) is 22.0 Å². The Morgan fingerprint density at radius 3 is 2.49 bits per heavy atom. The Morgan fingerprint density at radius 1 is 1.17 bits per heavy atom. The van der Waals surface area contributed by atoms with E-state index in [1.54, 1.807) is 10.8 Å². The fourth-order valence-electron chi connectivity index (χ4n) is 4.25. The average molecular weight is 480 g/mol. The molecule has 0 aliphatic heterocycles. The fraction of sp³-hybridized carbons (Fsp3) is 0.464. The number of fused-ring (bicyclic) bond motifs is 1. The van der Waals surface area contributed by atoms with Crippen LogP contribution in [0.15, 0.2) is 47.4 Å². The second-order valence-electron chi connectivity index (χ2n) is 10.4. The Balaban J connectivity index is 2.43. The van der Waals surface area contributed by atoms with Crippen molar-refractivity contribution < 1.29 is 14.6 Å². The van der Waals surface area contributed by atoms with Gasteiger partial charge < -0.3 is 19.7 Å². The van der Waals surface area contributed by atoms with Gasteiger partial charge in [-0.3, -0.25) is 9.78 Å². The summed E-state index contributed by atoms with van der Waals surface area (Å²) < 4.78 is 8.11. The van der Waals surface area contributed by atoms with Gasteiger partial charge in [-0.2, -0.15) is 0 Å². The number of pyridine rings is 2. The number of carboxylic acid groups (broad SMARTS) is 1. The summed E-state index contributed by atoms with van der Waals surface area (Å²) in [4.78, 5) is 30.2. The number of nitrogens with one attached hydrogen (secondary N) is 1. The maximum absolute atomic E-state index is 13.8. The van der Waals surface area contributed by atoms with E-state index in [4.69, 9.17) is 4.74 Å². The minimum Gasteiger partial charge on any atom is -0.491 e. The first-order valence-electron chi connectivity index (χ1n) is 12.3. The number of aromatic nitrogens is 2. The summed E-state index contributed by atoms with van der Waals surface area (Å²) in [5.41, 5.74) is 1.56. The van der Waals surface area contributed by atoms with Gasteiger partial charge in [-0.15, -0.1) is 0 Å². The molecule has 1 unspecified atom stereocenters. The number of amides is 1. The topological polar surface area (TPSA) is 93.5 Å². The minimum absolute atomic E-state index is 0.152. The second kappa shape index (κ2) is 10.9. The molecule has 3 aromatic rings. The van der Waals surface area contributed by atoms with Crippen LogP contribution in [0, 0.1) is 11.3 Å². The first kappa shape index (κ1) is 26.3. The van der Waals surface area contributed by atoms with E-state index in [9.17, 15) is 14.7 Å². The predicted molar refractivity (Wildman–Crippen MR) is 140 cm³/mol. The highest BCUT2D eigenvalue weighted by Crippen LogP contribution is 2.41. The van der Waals surface area contributed by atoms with Gasteiger partial charge in [0.25, 0.3) is 5.56 Å². The van der Waals surface area contributed by atoms with Crippen LogP contribution < -0.4 is 15.6 Å². The normalized spacial score (nSPS) is 12.7. The van der Waals surface area contributed by atoms with Crippen molar-refractivity contribution in [2.24, 2.45) is 11.3 Å². The van der Waals surface area contributed by atoms with E-state index in [1.165, 1.54) is 0 Å². The Kier molecular flexibility index (Phi) is 8.20. The van der Waals surface area contributed by atoms with Gasteiger partial charge in [0, 0.05) is 23.7 Å². The van der Waals surface area contributed by atoms with E-state index in [1.807, 2.05) is 71.0 Å². The summed E-state index contributed by atoms with van der Waals surface area (Å²) in [5, 5.41) is 13.6. The number of nitrogens with zero attached hydrogens (tertiary/aromatic N) is 2. The third-order valence-corrected chi connectivity index (χ3v) is 5.92. The quantitative estimate of drug-likeness (QED) is 0.354. The fourth-order valence-corrected chi connectivity index (χ4v) is 4.25. The third-order valence-electron chi connectivity index (χ3n) is 5.92. The number of hydrogen-bond acceptors (Lipinski definition) is 4. The maximum atomic E-state index is 13.8. The van der Waals surface area contributed by atoms with Crippen LogP contribution in [-0.4, -0.2) is 27.4 Å². The highest BCUT2D eigenvalue weighted by molar-refractivity contribution is 5.92. The first-order valence-corrected chi connectivity index (χ1v) is 12.3. The van der Waals surface area contributed by atoms with Crippen molar-refractivity contribution in [2.75, 3.05) is 6.61 Å². The van der Waals surface area contributed by atoms with Crippen molar-refractivity contribution in [3.8, 4) is 17.0 Å². The second-order valence-corrected chi connectivity index (χ2v) is 10.4. The molecule has 0 saturated carbocycles. The molecular formula is C28H37N3O4. The van der Waals surface area contributed by atoms with Gasteiger partial charge in [0.1, 0.15) is 5.75 Å². The lowest BCUT2D eigenvalue weighted by Gasteiger charge is -2.34. The molecule has 188 valence electrons. The minimum atomic E-state index is -1.14. The SMILES string of the molecule is CCCCOc1c(C(NC(=O)O)C(C)(C)C)n(CC(C)C)c(=O)c2ccc(-c3ccccn3)cc12. The summed E-state index contributed by atoms with van der Waals surface area (Å²) in [5.74, 6) is 0.728. The van der Waals surface area contributed by atoms with Crippen LogP contribution in [0.1, 0.15) is 66.1 Å². The van der Waals surface area contributed by atoms with E-state index in [0.29, 0.717) is 35.4 Å². The summed E-state index contributed by atoms with van der Waals surface area (Å²) in [6.07, 6.45) is 2.39. The molecule has 0 aliphatic carbocycles. The Labute approximate surface area is 207 Å². The zero-order valence-corrected chi connectivity index (χ0v) is 21.6. The summed E-state index contributed by atoms with van der Waals surface area (Å²) in [6, 6.07) is 10.7. The Bertz CT molecular complexity index is 1230. The molecule has 7 heteroatoms. The molecule has 1 aromatic carbocycles. The van der Waals surface area contributed by atoms with E-state index >= 15 is 0 Å². The molecule has 2 heterocycles. The lowest BCUT2D eigenvalue weighted by molar-refractivity contribution is 0.170. The molecule has 1 atom stereocenters. The lowest BCUT2D eigenvalue weighted by Crippen LogP contribution is -2.40. The van der Waals surface area contributed by atoms with E-state index in [-0.39, 0.29) is 11.5 Å². The number of ether oxygens (including phenoxy) is 1. The van der Waals surface area contributed by atoms with Crippen LogP contribution >= 0.6 is 0 Å². The van der Waals surface area contributed by atoms with Crippen LogP contribution in [0.2, 0.25) is 0 Å². The van der Waals surface area contributed by atoms with Crippen LogP contribution in [0.3, 0.4) is 0 Å². The molecule has 0 fully saturated rings. The lowest BCUT2D eigenvalue weighted by atomic mass is 9.83. The predicted octanol–water partition coefficient (Wildman–Crippen LogP) is 6.25. The zero-order chi connectivity index (χ0) is 25.8. The summed E-state index contributed by atoms with van der Waals surface area (Å²) in [7, 11) is 0. The van der Waals surface area contributed by atoms with Crippen LogP contribution in [-0.2, 0) is 6.54 Å². The van der Waals surface area contributed by atoms with E-state index in [0.717, 1.165) is 24.1 Å². The van der Waals surface area contributed by atoms with Gasteiger partial charge in [0.2, 0.25) is 0 Å². The molecule has 35 heavy (non-hydrogen) atoms. The molecule has 0 aliphatic rings.